The van der Waals surface area contributed by atoms with Gasteiger partial charge < -0.3 is 19.9 Å². The van der Waals surface area contributed by atoms with E-state index in [2.05, 4.69) is 16.3 Å². The number of carbonyl (C=O) groups is 1. The fourth-order valence-electron chi connectivity index (χ4n) is 3.59. The maximum absolute atomic E-state index is 12.7. The third-order valence-electron chi connectivity index (χ3n) is 4.98. The van der Waals surface area contributed by atoms with Gasteiger partial charge in [0.25, 0.3) is 0 Å². The molecule has 8 heteroatoms. The van der Waals surface area contributed by atoms with Crippen LogP contribution >= 0.6 is 22.9 Å². The number of urea groups is 1. The Labute approximate surface area is 179 Å². The zero-order valence-corrected chi connectivity index (χ0v) is 18.2. The van der Waals surface area contributed by atoms with Crippen molar-refractivity contribution in [3.8, 4) is 5.75 Å². The second-order valence-corrected chi connectivity index (χ2v) is 8.59. The summed E-state index contributed by atoms with van der Waals surface area (Å²) < 4.78 is 6.34. The van der Waals surface area contributed by atoms with Gasteiger partial charge >= 0.3 is 6.03 Å². The molecule has 2 amide bonds. The lowest BCUT2D eigenvalue weighted by atomic mass is 10.1. The fourth-order valence-corrected chi connectivity index (χ4v) is 4.90. The van der Waals surface area contributed by atoms with Crippen molar-refractivity contribution in [3.63, 3.8) is 0 Å². The van der Waals surface area contributed by atoms with Gasteiger partial charge in [0.1, 0.15) is 11.3 Å². The topological polar surface area (TPSA) is 57.7 Å². The van der Waals surface area contributed by atoms with E-state index in [9.17, 15) is 4.79 Å². The van der Waals surface area contributed by atoms with E-state index in [0.29, 0.717) is 18.1 Å². The zero-order valence-electron chi connectivity index (χ0n) is 16.7. The number of ether oxygens (including phenoxy) is 1. The lowest BCUT2D eigenvalue weighted by Crippen LogP contribution is -2.50. The van der Waals surface area contributed by atoms with Gasteiger partial charge in [0, 0.05) is 31.9 Å². The van der Waals surface area contributed by atoms with E-state index in [1.54, 1.807) is 18.4 Å². The van der Waals surface area contributed by atoms with Gasteiger partial charge in [-0.05, 0) is 49.2 Å². The molecule has 0 aliphatic carbocycles. The molecule has 1 aliphatic rings. The van der Waals surface area contributed by atoms with E-state index in [0.717, 1.165) is 51.0 Å². The first-order valence-electron chi connectivity index (χ1n) is 9.47. The SMILES string of the molecule is COc1ccc(Cl)c2sc(N3CCN(C(=O)Nc4cc(C)cc(C)c4)CC3)nc12. The molecule has 2 aromatic carbocycles. The number of nitrogens with one attached hydrogen (secondary N) is 1. The molecule has 1 aliphatic heterocycles. The van der Waals surface area contributed by atoms with Crippen LogP contribution in [0.25, 0.3) is 10.2 Å². The molecule has 29 heavy (non-hydrogen) atoms. The number of aromatic nitrogens is 1. The van der Waals surface area contributed by atoms with Crippen LogP contribution in [-0.2, 0) is 0 Å². The summed E-state index contributed by atoms with van der Waals surface area (Å²) in [6.07, 6.45) is 0. The number of fused-ring (bicyclic) bond motifs is 1. The lowest BCUT2D eigenvalue weighted by molar-refractivity contribution is 0.208. The Morgan fingerprint density at radius 3 is 2.48 bits per heavy atom. The van der Waals surface area contributed by atoms with Crippen LogP contribution in [0.3, 0.4) is 0 Å². The van der Waals surface area contributed by atoms with Crippen LogP contribution in [0, 0.1) is 13.8 Å². The number of rotatable bonds is 3. The minimum atomic E-state index is -0.0661. The summed E-state index contributed by atoms with van der Waals surface area (Å²) in [7, 11) is 1.63. The molecule has 0 unspecified atom stereocenters. The smallest absolute Gasteiger partial charge is 0.321 e. The number of aryl methyl sites for hydroxylation is 2. The van der Waals surface area contributed by atoms with Crippen LogP contribution in [-0.4, -0.2) is 49.2 Å². The number of hydrogen-bond acceptors (Lipinski definition) is 5. The summed E-state index contributed by atoms with van der Waals surface area (Å²) >= 11 is 7.90. The van der Waals surface area contributed by atoms with Gasteiger partial charge in [-0.1, -0.05) is 29.0 Å². The molecule has 0 bridgehead atoms. The third-order valence-corrected chi connectivity index (χ3v) is 6.55. The largest absolute Gasteiger partial charge is 0.494 e. The maximum Gasteiger partial charge on any atom is 0.321 e. The first kappa shape index (κ1) is 19.8. The van der Waals surface area contributed by atoms with Crippen LogP contribution in [0.5, 0.6) is 5.75 Å². The predicted octanol–water partition coefficient (Wildman–Crippen LogP) is 4.93. The number of halogens is 1. The normalized spacial score (nSPS) is 14.3. The van der Waals surface area contributed by atoms with Crippen molar-refractivity contribution < 1.29 is 9.53 Å². The molecule has 1 aromatic heterocycles. The summed E-state index contributed by atoms with van der Waals surface area (Å²) in [5, 5.41) is 4.59. The van der Waals surface area contributed by atoms with E-state index >= 15 is 0 Å². The summed E-state index contributed by atoms with van der Waals surface area (Å²) in [5.74, 6) is 0.721. The quantitative estimate of drug-likeness (QED) is 0.640. The number of anilines is 2. The monoisotopic (exact) mass is 430 g/mol. The summed E-state index contributed by atoms with van der Waals surface area (Å²) in [6, 6.07) is 9.67. The van der Waals surface area contributed by atoms with E-state index in [4.69, 9.17) is 21.3 Å². The third kappa shape index (κ3) is 4.11. The van der Waals surface area contributed by atoms with E-state index in [1.165, 1.54) is 0 Å². The van der Waals surface area contributed by atoms with E-state index in [1.807, 2.05) is 43.0 Å². The van der Waals surface area contributed by atoms with Crippen LogP contribution < -0.4 is 15.0 Å². The first-order valence-corrected chi connectivity index (χ1v) is 10.7. The number of carbonyl (C=O) groups excluding carboxylic acids is 1. The Bertz CT molecular complexity index is 1040. The summed E-state index contributed by atoms with van der Waals surface area (Å²) in [4.78, 5) is 21.4. The molecular formula is C21H23ClN4O2S. The predicted molar refractivity (Wildman–Crippen MR) is 120 cm³/mol. The van der Waals surface area contributed by atoms with Crippen LogP contribution in [0.4, 0.5) is 15.6 Å². The first-order chi connectivity index (χ1) is 13.9. The Kier molecular flexibility index (Phi) is 5.52. The highest BCUT2D eigenvalue weighted by molar-refractivity contribution is 7.22. The number of benzene rings is 2. The molecule has 1 saturated heterocycles. The number of nitrogens with zero attached hydrogens (tertiary/aromatic N) is 3. The molecule has 0 saturated carbocycles. The molecule has 6 nitrogen and oxygen atoms in total. The lowest BCUT2D eigenvalue weighted by Gasteiger charge is -2.34. The average Bonchev–Trinajstić information content (AvgIpc) is 3.14. The minimum Gasteiger partial charge on any atom is -0.494 e. The van der Waals surface area contributed by atoms with Gasteiger partial charge in [0.2, 0.25) is 0 Å². The van der Waals surface area contributed by atoms with Crippen LogP contribution in [0.15, 0.2) is 30.3 Å². The van der Waals surface area contributed by atoms with Gasteiger partial charge in [-0.3, -0.25) is 0 Å². The second kappa shape index (κ2) is 8.08. The molecule has 4 rings (SSSR count). The standard InChI is InChI=1S/C21H23ClN4O2S/c1-13-10-14(2)12-15(11-13)23-20(27)25-6-8-26(9-7-25)21-24-18-17(28-3)5-4-16(22)19(18)29-21/h4-5,10-12H,6-9H2,1-3H3,(H,23,27). The average molecular weight is 431 g/mol. The summed E-state index contributed by atoms with van der Waals surface area (Å²) in [5.41, 5.74) is 3.89. The Morgan fingerprint density at radius 2 is 1.83 bits per heavy atom. The number of amides is 2. The van der Waals surface area contributed by atoms with Crippen molar-refractivity contribution in [3.05, 3.63) is 46.5 Å². The molecule has 1 fully saturated rings. The highest BCUT2D eigenvalue weighted by atomic mass is 35.5. The Hall–Kier alpha value is -2.51. The molecule has 152 valence electrons. The number of methoxy groups -OCH3 is 1. The van der Waals surface area contributed by atoms with Crippen molar-refractivity contribution >= 4 is 50.0 Å². The van der Waals surface area contributed by atoms with Gasteiger partial charge in [-0.25, -0.2) is 9.78 Å². The van der Waals surface area contributed by atoms with E-state index < -0.39 is 0 Å². The maximum atomic E-state index is 12.7. The Morgan fingerprint density at radius 1 is 1.14 bits per heavy atom. The molecule has 0 spiro atoms. The summed E-state index contributed by atoms with van der Waals surface area (Å²) in [6.45, 7) is 6.77. The molecule has 0 radical (unpaired) electrons. The van der Waals surface area contributed by atoms with Gasteiger partial charge in [0.15, 0.2) is 5.13 Å². The highest BCUT2D eigenvalue weighted by Gasteiger charge is 2.24. The minimum absolute atomic E-state index is 0.0661. The second-order valence-electron chi connectivity index (χ2n) is 7.20. The van der Waals surface area contributed by atoms with Crippen molar-refractivity contribution in [2.75, 3.05) is 43.5 Å². The molecular weight excluding hydrogens is 408 g/mol. The van der Waals surface area contributed by atoms with Crippen LogP contribution in [0.2, 0.25) is 5.02 Å². The van der Waals surface area contributed by atoms with Crippen LogP contribution in [0.1, 0.15) is 11.1 Å². The molecule has 2 heterocycles. The van der Waals surface area contributed by atoms with Crippen molar-refractivity contribution in [2.24, 2.45) is 0 Å². The van der Waals surface area contributed by atoms with Gasteiger partial charge in [-0.15, -0.1) is 0 Å². The van der Waals surface area contributed by atoms with E-state index in [-0.39, 0.29) is 6.03 Å². The number of thiazole rings is 1. The fraction of sp³-hybridized carbons (Fsp3) is 0.333. The van der Waals surface area contributed by atoms with Crippen molar-refractivity contribution in [1.29, 1.82) is 0 Å². The Balaban J connectivity index is 1.43. The molecule has 3 aromatic rings. The highest BCUT2D eigenvalue weighted by Crippen LogP contribution is 2.38. The van der Waals surface area contributed by atoms with Crippen molar-refractivity contribution in [2.45, 2.75) is 13.8 Å². The van der Waals surface area contributed by atoms with Gasteiger partial charge in [-0.2, -0.15) is 0 Å². The molecule has 1 N–H and O–H groups in total. The van der Waals surface area contributed by atoms with Crippen molar-refractivity contribution in [1.82, 2.24) is 9.88 Å². The molecule has 0 atom stereocenters. The zero-order chi connectivity index (χ0) is 20.5. The number of hydrogen-bond donors (Lipinski definition) is 1. The number of piperazine rings is 1. The van der Waals surface area contributed by atoms with Gasteiger partial charge in [0.05, 0.1) is 16.8 Å².